The van der Waals surface area contributed by atoms with Gasteiger partial charge in [0.1, 0.15) is 5.92 Å². The Morgan fingerprint density at radius 1 is 1.40 bits per heavy atom. The van der Waals surface area contributed by atoms with E-state index in [4.69, 9.17) is 0 Å². The predicted octanol–water partition coefficient (Wildman–Crippen LogP) is 0.766. The van der Waals surface area contributed by atoms with Crippen LogP contribution in [0.2, 0.25) is 0 Å². The summed E-state index contributed by atoms with van der Waals surface area (Å²) >= 11 is 0. The van der Waals surface area contributed by atoms with Crippen molar-refractivity contribution in [2.45, 2.75) is 39.3 Å². The third kappa shape index (κ3) is 2.71. The van der Waals surface area contributed by atoms with Crippen LogP contribution in [0, 0.1) is 5.92 Å². The number of hydrogen-bond donors (Lipinski definition) is 1. The fraction of sp³-hybridized carbons (Fsp3) is 0.538. The van der Waals surface area contributed by atoms with Gasteiger partial charge in [-0.3, -0.25) is 19.8 Å². The minimum absolute atomic E-state index is 0.343. The lowest BCUT2D eigenvalue weighted by molar-refractivity contribution is -0.144. The Labute approximate surface area is 117 Å². The van der Waals surface area contributed by atoms with Crippen molar-refractivity contribution in [1.29, 1.82) is 0 Å². The molecule has 0 radical (unpaired) electrons. The molecule has 20 heavy (non-hydrogen) atoms. The van der Waals surface area contributed by atoms with Gasteiger partial charge in [0, 0.05) is 18.9 Å². The number of amides is 4. The van der Waals surface area contributed by atoms with Crippen molar-refractivity contribution < 1.29 is 14.4 Å². The van der Waals surface area contributed by atoms with Crippen molar-refractivity contribution in [2.24, 2.45) is 5.92 Å². The molecule has 2 heterocycles. The average Bonchev–Trinajstić information content (AvgIpc) is 2.87. The standard InChI is InChI=1S/C13H18N4O3/c1-3-4-10-11(18)15-13(20)17(12(10)19)9(2)7-16-6-5-14-8-16/h5-6,8-10H,3-4,7H2,1-2H3,(H,15,18,20). The lowest BCUT2D eigenvalue weighted by Gasteiger charge is -2.34. The maximum Gasteiger partial charge on any atom is 0.331 e. The first-order chi connectivity index (χ1) is 9.54. The van der Waals surface area contributed by atoms with Crippen LogP contribution in [0.3, 0.4) is 0 Å². The van der Waals surface area contributed by atoms with E-state index in [1.807, 2.05) is 6.92 Å². The lowest BCUT2D eigenvalue weighted by atomic mass is 9.98. The third-order valence-corrected chi connectivity index (χ3v) is 3.35. The second-order valence-corrected chi connectivity index (χ2v) is 4.95. The van der Waals surface area contributed by atoms with Gasteiger partial charge in [0.25, 0.3) is 0 Å². The van der Waals surface area contributed by atoms with E-state index in [-0.39, 0.29) is 6.04 Å². The first-order valence-electron chi connectivity index (χ1n) is 6.68. The van der Waals surface area contributed by atoms with Crippen LogP contribution in [0.4, 0.5) is 4.79 Å². The van der Waals surface area contributed by atoms with Crippen LogP contribution < -0.4 is 5.32 Å². The Morgan fingerprint density at radius 2 is 2.15 bits per heavy atom. The number of imide groups is 2. The number of barbiturate groups is 1. The molecule has 1 saturated heterocycles. The van der Waals surface area contributed by atoms with Crippen molar-refractivity contribution in [3.05, 3.63) is 18.7 Å². The van der Waals surface area contributed by atoms with Gasteiger partial charge in [-0.15, -0.1) is 0 Å². The summed E-state index contributed by atoms with van der Waals surface area (Å²) in [6.45, 7) is 4.12. The topological polar surface area (TPSA) is 84.3 Å². The van der Waals surface area contributed by atoms with Crippen LogP contribution in [0.15, 0.2) is 18.7 Å². The SMILES string of the molecule is CCCC1C(=O)NC(=O)N(C(C)Cn2ccnc2)C1=O. The fourth-order valence-corrected chi connectivity index (χ4v) is 2.37. The molecule has 0 spiro atoms. The van der Waals surface area contributed by atoms with Gasteiger partial charge in [0.15, 0.2) is 0 Å². The zero-order valence-corrected chi connectivity index (χ0v) is 11.6. The number of nitrogens with one attached hydrogen (secondary N) is 1. The van der Waals surface area contributed by atoms with Gasteiger partial charge >= 0.3 is 6.03 Å². The van der Waals surface area contributed by atoms with Crippen LogP contribution in [0.1, 0.15) is 26.7 Å². The number of hydrogen-bond acceptors (Lipinski definition) is 4. The normalized spacial score (nSPS) is 21.0. The summed E-state index contributed by atoms with van der Waals surface area (Å²) in [6, 6.07) is -0.982. The maximum atomic E-state index is 12.3. The van der Waals surface area contributed by atoms with E-state index in [0.29, 0.717) is 19.4 Å². The van der Waals surface area contributed by atoms with Crippen LogP contribution in [-0.4, -0.2) is 38.3 Å². The minimum atomic E-state index is -0.761. The van der Waals surface area contributed by atoms with Crippen molar-refractivity contribution in [3.8, 4) is 0 Å². The fourth-order valence-electron chi connectivity index (χ4n) is 2.37. The van der Waals surface area contributed by atoms with Crippen LogP contribution in [0.5, 0.6) is 0 Å². The molecule has 1 aliphatic rings. The number of carbonyl (C=O) groups is 3. The van der Waals surface area contributed by atoms with E-state index in [0.717, 1.165) is 4.90 Å². The molecule has 0 aromatic carbocycles. The number of nitrogens with zero attached hydrogens (tertiary/aromatic N) is 3. The number of imidazole rings is 1. The Bertz CT molecular complexity index is 512. The molecular weight excluding hydrogens is 260 g/mol. The number of aromatic nitrogens is 2. The number of rotatable bonds is 5. The van der Waals surface area contributed by atoms with E-state index >= 15 is 0 Å². The first kappa shape index (κ1) is 14.2. The van der Waals surface area contributed by atoms with E-state index in [1.165, 1.54) is 0 Å². The van der Waals surface area contributed by atoms with Gasteiger partial charge in [-0.1, -0.05) is 13.3 Å². The predicted molar refractivity (Wildman–Crippen MR) is 70.5 cm³/mol. The molecular formula is C13H18N4O3. The smallest absolute Gasteiger partial charge is 0.331 e. The molecule has 0 aliphatic carbocycles. The van der Waals surface area contributed by atoms with Gasteiger partial charge in [-0.25, -0.2) is 9.78 Å². The van der Waals surface area contributed by atoms with E-state index < -0.39 is 23.8 Å². The van der Waals surface area contributed by atoms with Gasteiger partial charge in [0.2, 0.25) is 11.8 Å². The van der Waals surface area contributed by atoms with Crippen LogP contribution in [0.25, 0.3) is 0 Å². The minimum Gasteiger partial charge on any atom is -0.335 e. The summed E-state index contributed by atoms with van der Waals surface area (Å²) in [5.41, 5.74) is 0. The zero-order valence-electron chi connectivity index (χ0n) is 11.6. The quantitative estimate of drug-likeness (QED) is 0.806. The van der Waals surface area contributed by atoms with Gasteiger partial charge in [-0.2, -0.15) is 0 Å². The highest BCUT2D eigenvalue weighted by atomic mass is 16.2. The highest BCUT2D eigenvalue weighted by Gasteiger charge is 2.41. The molecule has 0 saturated carbocycles. The zero-order chi connectivity index (χ0) is 14.7. The lowest BCUT2D eigenvalue weighted by Crippen LogP contribution is -2.60. The summed E-state index contributed by atoms with van der Waals surface area (Å²) < 4.78 is 1.79. The molecule has 7 heteroatoms. The molecule has 1 fully saturated rings. The Morgan fingerprint density at radius 3 is 2.75 bits per heavy atom. The molecule has 1 aromatic rings. The summed E-state index contributed by atoms with van der Waals surface area (Å²) in [4.78, 5) is 41.0. The average molecular weight is 278 g/mol. The van der Waals surface area contributed by atoms with Crippen molar-refractivity contribution in [3.63, 3.8) is 0 Å². The molecule has 2 unspecified atom stereocenters. The number of carbonyl (C=O) groups excluding carboxylic acids is 3. The molecule has 108 valence electrons. The Hall–Kier alpha value is -2.18. The van der Waals surface area contributed by atoms with E-state index in [2.05, 4.69) is 10.3 Å². The molecule has 1 aliphatic heterocycles. The van der Waals surface area contributed by atoms with Crippen LogP contribution >= 0.6 is 0 Å². The monoisotopic (exact) mass is 278 g/mol. The van der Waals surface area contributed by atoms with Crippen LogP contribution in [-0.2, 0) is 16.1 Å². The van der Waals surface area contributed by atoms with E-state index in [1.54, 1.807) is 30.2 Å². The molecule has 1 N–H and O–H groups in total. The van der Waals surface area contributed by atoms with Crippen molar-refractivity contribution in [1.82, 2.24) is 19.8 Å². The molecule has 2 atom stereocenters. The summed E-state index contributed by atoms with van der Waals surface area (Å²) in [6.07, 6.45) is 6.18. The summed E-state index contributed by atoms with van der Waals surface area (Å²) in [5, 5.41) is 2.26. The first-order valence-corrected chi connectivity index (χ1v) is 6.68. The highest BCUT2D eigenvalue weighted by Crippen LogP contribution is 2.18. The Balaban J connectivity index is 2.14. The molecule has 2 rings (SSSR count). The second-order valence-electron chi connectivity index (χ2n) is 4.95. The number of urea groups is 1. The van der Waals surface area contributed by atoms with Gasteiger partial charge in [0.05, 0.1) is 12.4 Å². The Kier molecular flexibility index (Phi) is 4.16. The maximum absolute atomic E-state index is 12.3. The molecule has 4 amide bonds. The molecule has 0 bridgehead atoms. The van der Waals surface area contributed by atoms with E-state index in [9.17, 15) is 14.4 Å². The van der Waals surface area contributed by atoms with Crippen molar-refractivity contribution >= 4 is 17.8 Å². The molecule has 1 aromatic heterocycles. The summed E-state index contributed by atoms with van der Waals surface area (Å²) in [5.74, 6) is -1.66. The second kappa shape index (κ2) is 5.85. The summed E-state index contributed by atoms with van der Waals surface area (Å²) in [7, 11) is 0. The van der Waals surface area contributed by atoms with Crippen molar-refractivity contribution in [2.75, 3.05) is 0 Å². The molecule has 7 nitrogen and oxygen atoms in total. The van der Waals surface area contributed by atoms with Gasteiger partial charge in [-0.05, 0) is 13.3 Å². The third-order valence-electron chi connectivity index (χ3n) is 3.35. The largest absolute Gasteiger partial charge is 0.335 e. The van der Waals surface area contributed by atoms with Gasteiger partial charge < -0.3 is 4.57 Å². The highest BCUT2D eigenvalue weighted by molar-refractivity contribution is 6.16.